The lowest BCUT2D eigenvalue weighted by molar-refractivity contribution is 0.243. The lowest BCUT2D eigenvalue weighted by Gasteiger charge is -2.16. The standard InChI is InChI=1S/C20H22N2OS/c1-2-15-8-10-17(11-9-15)18(13-23)21-12-20-22-19(14-24-20)16-6-4-3-5-7-16/h3-11,14,18,21,23H,2,12-13H2,1H3. The molecule has 1 atom stereocenters. The molecule has 0 radical (unpaired) electrons. The molecule has 0 aliphatic carbocycles. The third-order valence-electron chi connectivity index (χ3n) is 4.09. The summed E-state index contributed by atoms with van der Waals surface area (Å²) in [6.45, 7) is 2.87. The zero-order valence-electron chi connectivity index (χ0n) is 13.8. The molecule has 1 aromatic heterocycles. The van der Waals surface area contributed by atoms with Crippen LogP contribution in [-0.2, 0) is 13.0 Å². The Hall–Kier alpha value is -2.01. The number of aliphatic hydroxyl groups is 1. The molecule has 0 saturated carbocycles. The Kier molecular flexibility index (Phi) is 5.75. The maximum Gasteiger partial charge on any atom is 0.107 e. The number of aryl methyl sites for hydroxylation is 1. The van der Waals surface area contributed by atoms with Gasteiger partial charge in [-0.25, -0.2) is 4.98 Å². The number of nitrogens with zero attached hydrogens (tertiary/aromatic N) is 1. The number of rotatable bonds is 7. The van der Waals surface area contributed by atoms with Gasteiger partial charge in [0.1, 0.15) is 5.01 Å². The molecule has 0 amide bonds. The van der Waals surface area contributed by atoms with Crippen LogP contribution >= 0.6 is 11.3 Å². The van der Waals surface area contributed by atoms with Crippen LogP contribution in [0.2, 0.25) is 0 Å². The van der Waals surface area contributed by atoms with Crippen molar-refractivity contribution < 1.29 is 5.11 Å². The largest absolute Gasteiger partial charge is 0.394 e. The van der Waals surface area contributed by atoms with Crippen molar-refractivity contribution in [1.82, 2.24) is 10.3 Å². The number of aromatic nitrogens is 1. The molecule has 24 heavy (non-hydrogen) atoms. The Morgan fingerprint density at radius 3 is 2.50 bits per heavy atom. The van der Waals surface area contributed by atoms with Crippen LogP contribution in [0.25, 0.3) is 11.3 Å². The Morgan fingerprint density at radius 2 is 1.83 bits per heavy atom. The van der Waals surface area contributed by atoms with Gasteiger partial charge >= 0.3 is 0 Å². The summed E-state index contributed by atoms with van der Waals surface area (Å²) in [4.78, 5) is 4.68. The summed E-state index contributed by atoms with van der Waals surface area (Å²) in [5.41, 5.74) is 4.55. The Morgan fingerprint density at radius 1 is 1.08 bits per heavy atom. The van der Waals surface area contributed by atoms with Crippen molar-refractivity contribution in [2.24, 2.45) is 0 Å². The van der Waals surface area contributed by atoms with Gasteiger partial charge in [0.25, 0.3) is 0 Å². The number of benzene rings is 2. The van der Waals surface area contributed by atoms with Gasteiger partial charge in [-0.15, -0.1) is 11.3 Å². The van der Waals surface area contributed by atoms with Gasteiger partial charge in [0, 0.05) is 17.5 Å². The van der Waals surface area contributed by atoms with E-state index < -0.39 is 0 Å². The van der Waals surface area contributed by atoms with Gasteiger partial charge in [0.15, 0.2) is 0 Å². The van der Waals surface area contributed by atoms with Gasteiger partial charge in [-0.3, -0.25) is 0 Å². The topological polar surface area (TPSA) is 45.1 Å². The van der Waals surface area contributed by atoms with Crippen LogP contribution < -0.4 is 5.32 Å². The van der Waals surface area contributed by atoms with Gasteiger partial charge in [0.05, 0.1) is 18.3 Å². The summed E-state index contributed by atoms with van der Waals surface area (Å²) in [7, 11) is 0. The van der Waals surface area contributed by atoms with E-state index in [0.29, 0.717) is 6.54 Å². The van der Waals surface area contributed by atoms with Crippen LogP contribution in [-0.4, -0.2) is 16.7 Å². The lowest BCUT2D eigenvalue weighted by Crippen LogP contribution is -2.23. The van der Waals surface area contributed by atoms with Crippen molar-refractivity contribution in [2.75, 3.05) is 6.61 Å². The first-order valence-corrected chi connectivity index (χ1v) is 9.11. The van der Waals surface area contributed by atoms with Gasteiger partial charge in [-0.2, -0.15) is 0 Å². The van der Waals surface area contributed by atoms with E-state index in [0.717, 1.165) is 28.2 Å². The molecule has 1 heterocycles. The first-order valence-electron chi connectivity index (χ1n) is 8.23. The molecule has 2 N–H and O–H groups in total. The third-order valence-corrected chi connectivity index (χ3v) is 4.94. The molecule has 3 aromatic rings. The molecule has 2 aromatic carbocycles. The van der Waals surface area contributed by atoms with Crippen molar-refractivity contribution in [1.29, 1.82) is 0 Å². The second-order valence-electron chi connectivity index (χ2n) is 5.70. The molecule has 3 nitrogen and oxygen atoms in total. The molecule has 1 unspecified atom stereocenters. The maximum absolute atomic E-state index is 9.69. The normalized spacial score (nSPS) is 12.2. The quantitative estimate of drug-likeness (QED) is 0.679. The van der Waals surface area contributed by atoms with E-state index in [2.05, 4.69) is 59.0 Å². The molecule has 3 rings (SSSR count). The van der Waals surface area contributed by atoms with E-state index in [1.54, 1.807) is 11.3 Å². The SMILES string of the molecule is CCc1ccc(C(CO)NCc2nc(-c3ccccc3)cs2)cc1. The van der Waals surface area contributed by atoms with Gasteiger partial charge < -0.3 is 10.4 Å². The molecule has 0 fully saturated rings. The first kappa shape index (κ1) is 16.8. The van der Waals surface area contributed by atoms with Crippen LogP contribution in [0, 0.1) is 0 Å². The molecular formula is C20H22N2OS. The predicted molar refractivity (Wildman–Crippen MR) is 100 cm³/mol. The zero-order chi connectivity index (χ0) is 16.8. The van der Waals surface area contributed by atoms with Crippen LogP contribution in [0.15, 0.2) is 60.0 Å². The summed E-state index contributed by atoms with van der Waals surface area (Å²) in [6.07, 6.45) is 1.03. The summed E-state index contributed by atoms with van der Waals surface area (Å²) < 4.78 is 0. The minimum Gasteiger partial charge on any atom is -0.394 e. The third kappa shape index (κ3) is 4.09. The van der Waals surface area contributed by atoms with E-state index in [9.17, 15) is 5.11 Å². The monoisotopic (exact) mass is 338 g/mol. The molecule has 4 heteroatoms. The van der Waals surface area contributed by atoms with Gasteiger partial charge in [-0.1, -0.05) is 61.5 Å². The van der Waals surface area contributed by atoms with Crippen molar-refractivity contribution in [3.05, 3.63) is 76.1 Å². The highest BCUT2D eigenvalue weighted by atomic mass is 32.1. The second-order valence-corrected chi connectivity index (χ2v) is 6.65. The fourth-order valence-electron chi connectivity index (χ4n) is 2.62. The number of hydrogen-bond acceptors (Lipinski definition) is 4. The van der Waals surface area contributed by atoms with Crippen LogP contribution in [0.4, 0.5) is 0 Å². The number of thiazole rings is 1. The highest BCUT2D eigenvalue weighted by Crippen LogP contribution is 2.22. The zero-order valence-corrected chi connectivity index (χ0v) is 14.6. The van der Waals surface area contributed by atoms with Crippen molar-refractivity contribution >= 4 is 11.3 Å². The van der Waals surface area contributed by atoms with Crippen LogP contribution in [0.3, 0.4) is 0 Å². The van der Waals surface area contributed by atoms with E-state index in [1.165, 1.54) is 5.56 Å². The van der Waals surface area contributed by atoms with Gasteiger partial charge in [-0.05, 0) is 17.5 Å². The van der Waals surface area contributed by atoms with E-state index >= 15 is 0 Å². The average Bonchev–Trinajstić information content (AvgIpc) is 3.12. The minimum absolute atomic E-state index is 0.0695. The van der Waals surface area contributed by atoms with Crippen molar-refractivity contribution in [2.45, 2.75) is 25.9 Å². The highest BCUT2D eigenvalue weighted by molar-refractivity contribution is 7.09. The molecule has 0 spiro atoms. The number of nitrogens with one attached hydrogen (secondary N) is 1. The Balaban J connectivity index is 1.64. The second kappa shape index (κ2) is 8.20. The first-order chi connectivity index (χ1) is 11.8. The fraction of sp³-hybridized carbons (Fsp3) is 0.250. The summed E-state index contributed by atoms with van der Waals surface area (Å²) in [5.74, 6) is 0. The van der Waals surface area contributed by atoms with Crippen molar-refractivity contribution in [3.8, 4) is 11.3 Å². The van der Waals surface area contributed by atoms with Crippen LogP contribution in [0.1, 0.15) is 29.1 Å². The van der Waals surface area contributed by atoms with Crippen LogP contribution in [0.5, 0.6) is 0 Å². The average molecular weight is 338 g/mol. The summed E-state index contributed by atoms with van der Waals surface area (Å²) >= 11 is 1.64. The fourth-order valence-corrected chi connectivity index (χ4v) is 3.37. The van der Waals surface area contributed by atoms with Gasteiger partial charge in [0.2, 0.25) is 0 Å². The smallest absolute Gasteiger partial charge is 0.107 e. The summed E-state index contributed by atoms with van der Waals surface area (Å²) in [5, 5.41) is 16.2. The van der Waals surface area contributed by atoms with Crippen molar-refractivity contribution in [3.63, 3.8) is 0 Å². The molecule has 0 saturated heterocycles. The Labute approximate surface area is 147 Å². The van der Waals surface area contributed by atoms with E-state index in [-0.39, 0.29) is 12.6 Å². The molecule has 0 bridgehead atoms. The molecular weight excluding hydrogens is 316 g/mol. The van der Waals surface area contributed by atoms with E-state index in [4.69, 9.17) is 0 Å². The number of aliphatic hydroxyl groups excluding tert-OH is 1. The number of hydrogen-bond donors (Lipinski definition) is 2. The summed E-state index contributed by atoms with van der Waals surface area (Å²) in [6, 6.07) is 18.5. The van der Waals surface area contributed by atoms with E-state index in [1.807, 2.05) is 18.2 Å². The minimum atomic E-state index is -0.0695. The molecule has 124 valence electrons. The highest BCUT2D eigenvalue weighted by Gasteiger charge is 2.11. The lowest BCUT2D eigenvalue weighted by atomic mass is 10.0. The molecule has 0 aliphatic rings. The predicted octanol–water partition coefficient (Wildman–Crippen LogP) is 4.20. The molecule has 0 aliphatic heterocycles. The Bertz CT molecular complexity index is 753. The maximum atomic E-state index is 9.69.